The van der Waals surface area contributed by atoms with Gasteiger partial charge < -0.3 is 5.11 Å². The maximum Gasteiger partial charge on any atom is 0.406 e. The molecule has 0 unspecified atom stereocenters. The van der Waals surface area contributed by atoms with Gasteiger partial charge in [-0.25, -0.2) is 0 Å². The largest absolute Gasteiger partial charge is 0.481 e. The minimum Gasteiger partial charge on any atom is -0.481 e. The Hall–Kier alpha value is -0.940. The van der Waals surface area contributed by atoms with Gasteiger partial charge in [0.25, 0.3) is 0 Å². The van der Waals surface area contributed by atoms with E-state index in [-0.39, 0.29) is 10.0 Å². The Morgan fingerprint density at radius 1 is 1.19 bits per heavy atom. The molecule has 88 valence electrons. The third-order valence-electron chi connectivity index (χ3n) is 1.79. The highest BCUT2D eigenvalue weighted by Gasteiger charge is 2.46. The standard InChI is InChI=1S/C9H5Cl2F3O2/c10-5-1-4(2-6(11)3-5)7(8(15)16)9(12,13)14/h1-3,7H,(H,15,16)/t7-/m0/s1. The average Bonchev–Trinajstić information content (AvgIpc) is 1.96. The molecule has 0 aliphatic rings. The van der Waals surface area contributed by atoms with Gasteiger partial charge >= 0.3 is 12.1 Å². The molecule has 0 saturated carbocycles. The molecule has 1 aromatic rings. The average molecular weight is 273 g/mol. The number of carboxylic acids is 1. The van der Waals surface area contributed by atoms with E-state index in [0.717, 1.165) is 12.1 Å². The van der Waals surface area contributed by atoms with Crippen molar-refractivity contribution in [1.82, 2.24) is 0 Å². The number of aliphatic carboxylic acids is 1. The van der Waals surface area contributed by atoms with Crippen molar-refractivity contribution in [1.29, 1.82) is 0 Å². The fourth-order valence-electron chi connectivity index (χ4n) is 1.21. The van der Waals surface area contributed by atoms with Crippen LogP contribution in [-0.4, -0.2) is 17.3 Å². The minimum absolute atomic E-state index is 0.0435. The van der Waals surface area contributed by atoms with Crippen LogP contribution in [0.25, 0.3) is 0 Å². The summed E-state index contributed by atoms with van der Waals surface area (Å²) in [4.78, 5) is 10.6. The Labute approximate surface area is 98.6 Å². The summed E-state index contributed by atoms with van der Waals surface area (Å²) in [5.74, 6) is -4.62. The lowest BCUT2D eigenvalue weighted by atomic mass is 9.99. The first-order chi connectivity index (χ1) is 7.21. The molecule has 0 amide bonds. The van der Waals surface area contributed by atoms with Crippen LogP contribution in [0.15, 0.2) is 18.2 Å². The molecule has 1 N–H and O–H groups in total. The van der Waals surface area contributed by atoms with Crippen molar-refractivity contribution in [3.63, 3.8) is 0 Å². The van der Waals surface area contributed by atoms with E-state index in [4.69, 9.17) is 28.3 Å². The van der Waals surface area contributed by atoms with Gasteiger partial charge in [0.05, 0.1) is 0 Å². The number of carboxylic acid groups (broad SMARTS) is 1. The number of carbonyl (C=O) groups is 1. The van der Waals surface area contributed by atoms with Gasteiger partial charge in [0, 0.05) is 10.0 Å². The van der Waals surface area contributed by atoms with Crippen molar-refractivity contribution in [2.24, 2.45) is 0 Å². The highest BCUT2D eigenvalue weighted by molar-refractivity contribution is 6.34. The molecule has 0 radical (unpaired) electrons. The van der Waals surface area contributed by atoms with Crippen LogP contribution in [0, 0.1) is 0 Å². The van der Waals surface area contributed by atoms with E-state index in [2.05, 4.69) is 0 Å². The molecule has 0 bridgehead atoms. The van der Waals surface area contributed by atoms with E-state index in [1.165, 1.54) is 6.07 Å². The van der Waals surface area contributed by atoms with Gasteiger partial charge in [-0.3, -0.25) is 4.79 Å². The molecule has 0 fully saturated rings. The van der Waals surface area contributed by atoms with Crippen LogP contribution < -0.4 is 0 Å². The van der Waals surface area contributed by atoms with Crippen molar-refractivity contribution < 1.29 is 23.1 Å². The summed E-state index contributed by atoms with van der Waals surface area (Å²) in [5, 5.41) is 8.45. The van der Waals surface area contributed by atoms with Crippen molar-refractivity contribution in [2.75, 3.05) is 0 Å². The Bertz CT molecular complexity index is 397. The summed E-state index contributed by atoms with van der Waals surface area (Å²) in [6.45, 7) is 0. The van der Waals surface area contributed by atoms with Gasteiger partial charge in [-0.05, 0) is 23.8 Å². The van der Waals surface area contributed by atoms with Gasteiger partial charge in [0.15, 0.2) is 5.92 Å². The second-order valence-corrected chi connectivity index (χ2v) is 3.89. The van der Waals surface area contributed by atoms with Crippen LogP contribution in [0.3, 0.4) is 0 Å². The number of rotatable bonds is 2. The normalized spacial score (nSPS) is 13.6. The number of halogens is 5. The highest BCUT2D eigenvalue weighted by atomic mass is 35.5. The molecular formula is C9H5Cl2F3O2. The molecule has 0 aromatic heterocycles. The number of alkyl halides is 3. The molecule has 0 aliphatic heterocycles. The molecule has 1 aromatic carbocycles. The smallest absolute Gasteiger partial charge is 0.406 e. The Morgan fingerprint density at radius 3 is 1.94 bits per heavy atom. The first kappa shape index (κ1) is 13.1. The van der Waals surface area contributed by atoms with Crippen molar-refractivity contribution in [2.45, 2.75) is 12.1 Å². The zero-order chi connectivity index (χ0) is 12.5. The van der Waals surface area contributed by atoms with Crippen LogP contribution >= 0.6 is 23.2 Å². The van der Waals surface area contributed by atoms with Crippen LogP contribution in [0.1, 0.15) is 11.5 Å². The minimum atomic E-state index is -4.89. The summed E-state index contributed by atoms with van der Waals surface area (Å²) < 4.78 is 37.4. The maximum atomic E-state index is 12.5. The van der Waals surface area contributed by atoms with Gasteiger partial charge in [-0.15, -0.1) is 0 Å². The highest BCUT2D eigenvalue weighted by Crippen LogP contribution is 2.37. The lowest BCUT2D eigenvalue weighted by molar-refractivity contribution is -0.176. The Kier molecular flexibility index (Phi) is 3.70. The van der Waals surface area contributed by atoms with Crippen LogP contribution in [0.5, 0.6) is 0 Å². The molecule has 7 heteroatoms. The number of hydrogen-bond acceptors (Lipinski definition) is 1. The van der Waals surface area contributed by atoms with Crippen molar-refractivity contribution >= 4 is 29.2 Å². The van der Waals surface area contributed by atoms with Crippen LogP contribution in [0.4, 0.5) is 13.2 Å². The molecule has 1 rings (SSSR count). The monoisotopic (exact) mass is 272 g/mol. The lowest BCUT2D eigenvalue weighted by Gasteiger charge is -2.16. The van der Waals surface area contributed by atoms with Gasteiger partial charge in [0.2, 0.25) is 0 Å². The van der Waals surface area contributed by atoms with Gasteiger partial charge in [0.1, 0.15) is 0 Å². The second-order valence-electron chi connectivity index (χ2n) is 3.02. The van der Waals surface area contributed by atoms with Crippen molar-refractivity contribution in [3.05, 3.63) is 33.8 Å². The third kappa shape index (κ3) is 3.02. The zero-order valence-electron chi connectivity index (χ0n) is 7.55. The summed E-state index contributed by atoms with van der Waals surface area (Å²) in [7, 11) is 0. The number of hydrogen-bond donors (Lipinski definition) is 1. The predicted octanol–water partition coefficient (Wildman–Crippen LogP) is 3.72. The Morgan fingerprint density at radius 2 is 1.62 bits per heavy atom. The molecule has 0 heterocycles. The zero-order valence-corrected chi connectivity index (χ0v) is 9.07. The fourth-order valence-corrected chi connectivity index (χ4v) is 1.76. The summed E-state index contributed by atoms with van der Waals surface area (Å²) >= 11 is 11.0. The van der Waals surface area contributed by atoms with E-state index in [9.17, 15) is 18.0 Å². The van der Waals surface area contributed by atoms with E-state index in [0.29, 0.717) is 0 Å². The van der Waals surface area contributed by atoms with Crippen LogP contribution in [0.2, 0.25) is 10.0 Å². The SMILES string of the molecule is O=C(O)[C@H](c1cc(Cl)cc(Cl)c1)C(F)(F)F. The topological polar surface area (TPSA) is 37.3 Å². The molecule has 16 heavy (non-hydrogen) atoms. The summed E-state index contributed by atoms with van der Waals surface area (Å²) in [6, 6.07) is 3.08. The van der Waals surface area contributed by atoms with Gasteiger partial charge in [-0.2, -0.15) is 13.2 Å². The molecule has 0 saturated heterocycles. The van der Waals surface area contributed by atoms with E-state index >= 15 is 0 Å². The number of benzene rings is 1. The quantitative estimate of drug-likeness (QED) is 0.891. The lowest BCUT2D eigenvalue weighted by Crippen LogP contribution is -2.28. The molecule has 2 nitrogen and oxygen atoms in total. The molecular weight excluding hydrogens is 268 g/mol. The van der Waals surface area contributed by atoms with Crippen molar-refractivity contribution in [3.8, 4) is 0 Å². The maximum absolute atomic E-state index is 12.5. The summed E-state index contributed by atoms with van der Waals surface area (Å²) in [6.07, 6.45) is -4.89. The van der Waals surface area contributed by atoms with Gasteiger partial charge in [-0.1, -0.05) is 23.2 Å². The molecule has 0 aliphatic carbocycles. The van der Waals surface area contributed by atoms with E-state index in [1.807, 2.05) is 0 Å². The molecule has 0 spiro atoms. The Balaban J connectivity index is 3.27. The predicted molar refractivity (Wildman–Crippen MR) is 52.9 cm³/mol. The third-order valence-corrected chi connectivity index (χ3v) is 2.23. The summed E-state index contributed by atoms with van der Waals surface area (Å²) in [5.41, 5.74) is -0.488. The first-order valence-corrected chi connectivity index (χ1v) is 4.73. The van der Waals surface area contributed by atoms with E-state index < -0.39 is 23.6 Å². The first-order valence-electron chi connectivity index (χ1n) is 3.97. The van der Waals surface area contributed by atoms with E-state index in [1.54, 1.807) is 0 Å². The molecule has 1 atom stereocenters. The fraction of sp³-hybridized carbons (Fsp3) is 0.222. The van der Waals surface area contributed by atoms with Crippen LogP contribution in [-0.2, 0) is 4.79 Å². The second kappa shape index (κ2) is 4.51.